The van der Waals surface area contributed by atoms with Crippen molar-refractivity contribution in [2.75, 3.05) is 13.1 Å². The Hall–Kier alpha value is -1.40. The number of aromatic carboxylic acids is 1. The van der Waals surface area contributed by atoms with Crippen LogP contribution >= 0.6 is 11.3 Å². The van der Waals surface area contributed by atoms with E-state index in [0.29, 0.717) is 31.6 Å². The topological polar surface area (TPSA) is 78.4 Å². The van der Waals surface area contributed by atoms with Crippen molar-refractivity contribution >= 4 is 23.2 Å². The van der Waals surface area contributed by atoms with Gasteiger partial charge >= 0.3 is 5.97 Å². The summed E-state index contributed by atoms with van der Waals surface area (Å²) < 4.78 is 0. The van der Waals surface area contributed by atoms with Crippen LogP contribution < -0.4 is 10.6 Å². The van der Waals surface area contributed by atoms with E-state index in [1.165, 1.54) is 11.3 Å². The number of carbonyl (C=O) groups is 2. The number of nitrogens with one attached hydrogen (secondary N) is 2. The summed E-state index contributed by atoms with van der Waals surface area (Å²) in [5.41, 5.74) is 0.317. The molecule has 0 saturated carbocycles. The van der Waals surface area contributed by atoms with Gasteiger partial charge in [0.2, 0.25) is 5.91 Å². The number of rotatable bonds is 8. The minimum absolute atomic E-state index is 0.0433. The highest BCUT2D eigenvalue weighted by Gasteiger charge is 2.06. The second kappa shape index (κ2) is 7.84. The molecule has 18 heavy (non-hydrogen) atoms. The number of carbonyl (C=O) groups excluding carboxylic acids is 1. The molecule has 6 heteroatoms. The summed E-state index contributed by atoms with van der Waals surface area (Å²) in [6.45, 7) is 3.91. The standard InChI is InChI=1S/C12H18N2O3S/c1-2-4-14-11(15)3-5-13-7-10-6-9(8-18-10)12(16)17/h6,8,13H,2-5,7H2,1H3,(H,14,15)(H,16,17). The van der Waals surface area contributed by atoms with Gasteiger partial charge in [-0.15, -0.1) is 11.3 Å². The van der Waals surface area contributed by atoms with E-state index in [1.54, 1.807) is 11.4 Å². The fraction of sp³-hybridized carbons (Fsp3) is 0.500. The molecule has 3 N–H and O–H groups in total. The van der Waals surface area contributed by atoms with Crippen LogP contribution in [0.25, 0.3) is 0 Å². The van der Waals surface area contributed by atoms with Crippen molar-refractivity contribution in [1.29, 1.82) is 0 Å². The van der Waals surface area contributed by atoms with E-state index in [2.05, 4.69) is 10.6 Å². The van der Waals surface area contributed by atoms with Gasteiger partial charge in [-0.3, -0.25) is 4.79 Å². The fourth-order valence-corrected chi connectivity index (χ4v) is 2.18. The summed E-state index contributed by atoms with van der Waals surface area (Å²) in [6, 6.07) is 1.65. The minimum Gasteiger partial charge on any atom is -0.478 e. The Morgan fingerprint density at radius 3 is 2.78 bits per heavy atom. The summed E-state index contributed by atoms with van der Waals surface area (Å²) in [5.74, 6) is -0.863. The van der Waals surface area contributed by atoms with Crippen molar-refractivity contribution in [3.63, 3.8) is 0 Å². The van der Waals surface area contributed by atoms with Crippen molar-refractivity contribution in [3.8, 4) is 0 Å². The number of hydrogen-bond donors (Lipinski definition) is 3. The lowest BCUT2D eigenvalue weighted by Gasteiger charge is -2.04. The lowest BCUT2D eigenvalue weighted by Crippen LogP contribution is -2.27. The number of amides is 1. The van der Waals surface area contributed by atoms with E-state index in [-0.39, 0.29) is 5.91 Å². The van der Waals surface area contributed by atoms with Gasteiger partial charge in [-0.2, -0.15) is 0 Å². The average molecular weight is 270 g/mol. The van der Waals surface area contributed by atoms with Gasteiger partial charge in [-0.05, 0) is 12.5 Å². The summed E-state index contributed by atoms with van der Waals surface area (Å²) in [5, 5.41) is 16.3. The average Bonchev–Trinajstić information content (AvgIpc) is 2.81. The second-order valence-electron chi connectivity index (χ2n) is 3.88. The van der Waals surface area contributed by atoms with Gasteiger partial charge in [0.25, 0.3) is 0 Å². The van der Waals surface area contributed by atoms with Crippen LogP contribution in [-0.4, -0.2) is 30.1 Å². The van der Waals surface area contributed by atoms with Crippen LogP contribution in [0.3, 0.4) is 0 Å². The number of hydrogen-bond acceptors (Lipinski definition) is 4. The molecule has 0 atom stereocenters. The van der Waals surface area contributed by atoms with Gasteiger partial charge in [-0.25, -0.2) is 4.79 Å². The molecule has 0 aromatic carbocycles. The molecule has 0 spiro atoms. The summed E-state index contributed by atoms with van der Waals surface area (Å²) >= 11 is 1.41. The first-order valence-electron chi connectivity index (χ1n) is 5.91. The molecular weight excluding hydrogens is 252 g/mol. The van der Waals surface area contributed by atoms with Crippen LogP contribution in [0.2, 0.25) is 0 Å². The lowest BCUT2D eigenvalue weighted by molar-refractivity contribution is -0.120. The first kappa shape index (κ1) is 14.7. The summed E-state index contributed by atoms with van der Waals surface area (Å²) in [7, 11) is 0. The highest BCUT2D eigenvalue weighted by molar-refractivity contribution is 7.10. The first-order valence-corrected chi connectivity index (χ1v) is 6.79. The summed E-state index contributed by atoms with van der Waals surface area (Å²) in [6.07, 6.45) is 1.38. The van der Waals surface area contributed by atoms with Crippen LogP contribution in [0.1, 0.15) is 35.0 Å². The molecule has 1 aromatic rings. The zero-order valence-corrected chi connectivity index (χ0v) is 11.2. The van der Waals surface area contributed by atoms with Gasteiger partial charge in [-0.1, -0.05) is 6.92 Å². The number of thiophene rings is 1. The van der Waals surface area contributed by atoms with Crippen LogP contribution in [0.15, 0.2) is 11.4 Å². The Morgan fingerprint density at radius 1 is 1.39 bits per heavy atom. The van der Waals surface area contributed by atoms with E-state index in [1.807, 2.05) is 6.92 Å². The van der Waals surface area contributed by atoms with Crippen LogP contribution in [0.5, 0.6) is 0 Å². The van der Waals surface area contributed by atoms with E-state index >= 15 is 0 Å². The SMILES string of the molecule is CCCNC(=O)CCNCc1cc(C(=O)O)cs1. The van der Waals surface area contributed by atoms with Crippen molar-refractivity contribution in [3.05, 3.63) is 21.9 Å². The smallest absolute Gasteiger partial charge is 0.336 e. The molecule has 0 aliphatic heterocycles. The van der Waals surface area contributed by atoms with E-state index in [0.717, 1.165) is 11.3 Å². The molecule has 0 saturated heterocycles. The van der Waals surface area contributed by atoms with E-state index < -0.39 is 5.97 Å². The van der Waals surface area contributed by atoms with E-state index in [9.17, 15) is 9.59 Å². The molecule has 1 heterocycles. The zero-order valence-electron chi connectivity index (χ0n) is 10.4. The highest BCUT2D eigenvalue weighted by Crippen LogP contribution is 2.14. The maximum Gasteiger partial charge on any atom is 0.336 e. The molecule has 1 aromatic heterocycles. The quantitative estimate of drug-likeness (QED) is 0.625. The number of carboxylic acid groups (broad SMARTS) is 1. The van der Waals surface area contributed by atoms with Gasteiger partial charge in [0.05, 0.1) is 5.56 Å². The molecular formula is C12H18N2O3S. The van der Waals surface area contributed by atoms with Gasteiger partial charge in [0.15, 0.2) is 0 Å². The predicted octanol–water partition coefficient (Wildman–Crippen LogP) is 1.45. The normalized spacial score (nSPS) is 10.3. The second-order valence-corrected chi connectivity index (χ2v) is 4.88. The predicted molar refractivity (Wildman–Crippen MR) is 70.9 cm³/mol. The Balaban J connectivity index is 2.17. The monoisotopic (exact) mass is 270 g/mol. The van der Waals surface area contributed by atoms with Gasteiger partial charge in [0.1, 0.15) is 0 Å². The fourth-order valence-electron chi connectivity index (χ4n) is 1.35. The zero-order chi connectivity index (χ0) is 13.4. The molecule has 1 rings (SSSR count). The maximum absolute atomic E-state index is 11.3. The lowest BCUT2D eigenvalue weighted by atomic mass is 10.3. The third kappa shape index (κ3) is 5.29. The Kier molecular flexibility index (Phi) is 6.38. The van der Waals surface area contributed by atoms with Gasteiger partial charge < -0.3 is 15.7 Å². The van der Waals surface area contributed by atoms with Crippen molar-refractivity contribution in [2.45, 2.75) is 26.3 Å². The molecule has 0 aliphatic rings. The van der Waals surface area contributed by atoms with Crippen molar-refractivity contribution < 1.29 is 14.7 Å². The van der Waals surface area contributed by atoms with Crippen LogP contribution in [0.4, 0.5) is 0 Å². The van der Waals surface area contributed by atoms with Crippen molar-refractivity contribution in [1.82, 2.24) is 10.6 Å². The molecule has 100 valence electrons. The van der Waals surface area contributed by atoms with Gasteiger partial charge in [0, 0.05) is 36.3 Å². The molecule has 0 bridgehead atoms. The molecule has 0 fully saturated rings. The molecule has 0 aliphatic carbocycles. The Labute approximate surface area is 110 Å². The minimum atomic E-state index is -0.906. The maximum atomic E-state index is 11.3. The molecule has 1 amide bonds. The molecule has 0 radical (unpaired) electrons. The third-order valence-electron chi connectivity index (χ3n) is 2.30. The Morgan fingerprint density at radius 2 is 2.17 bits per heavy atom. The van der Waals surface area contributed by atoms with Crippen molar-refractivity contribution in [2.24, 2.45) is 0 Å². The third-order valence-corrected chi connectivity index (χ3v) is 3.24. The van der Waals surface area contributed by atoms with Crippen LogP contribution in [0, 0.1) is 0 Å². The highest BCUT2D eigenvalue weighted by atomic mass is 32.1. The van der Waals surface area contributed by atoms with Crippen LogP contribution in [-0.2, 0) is 11.3 Å². The largest absolute Gasteiger partial charge is 0.478 e. The van der Waals surface area contributed by atoms with E-state index in [4.69, 9.17) is 5.11 Å². The first-order chi connectivity index (χ1) is 8.63. The molecule has 0 unspecified atom stereocenters. The number of carboxylic acids is 1. The molecule has 5 nitrogen and oxygen atoms in total. The summed E-state index contributed by atoms with van der Waals surface area (Å²) in [4.78, 5) is 22.9. The Bertz CT molecular complexity index is 404.